The Labute approximate surface area is 91.5 Å². The summed E-state index contributed by atoms with van der Waals surface area (Å²) in [4.78, 5) is 4.29. The summed E-state index contributed by atoms with van der Waals surface area (Å²) in [6.45, 7) is 3.40. The van der Waals surface area contributed by atoms with Crippen molar-refractivity contribution in [1.82, 2.24) is 10.3 Å². The molecule has 1 aromatic rings. The number of aliphatic hydroxyl groups is 1. The second-order valence-corrected chi connectivity index (χ2v) is 3.71. The summed E-state index contributed by atoms with van der Waals surface area (Å²) < 4.78 is 0. The lowest BCUT2D eigenvalue weighted by Gasteiger charge is -2.12. The van der Waals surface area contributed by atoms with Crippen LogP contribution in [-0.2, 0) is 0 Å². The molecule has 0 saturated carbocycles. The van der Waals surface area contributed by atoms with E-state index in [0.29, 0.717) is 12.6 Å². The minimum absolute atomic E-state index is 0.301. The Morgan fingerprint density at radius 2 is 2.20 bits per heavy atom. The summed E-state index contributed by atoms with van der Waals surface area (Å²) >= 11 is 0. The highest BCUT2D eigenvalue weighted by Crippen LogP contribution is 2.07. The van der Waals surface area contributed by atoms with Crippen molar-refractivity contribution >= 4 is 0 Å². The molecule has 0 aliphatic rings. The fourth-order valence-corrected chi connectivity index (χ4v) is 1.47. The standard InChI is InChI=1S/C12H20N2O/c1-11(12-7-3-5-9-14-12)13-8-4-2-6-10-15/h3,5,7,9,11,13,15H,2,4,6,8,10H2,1H3/t11-/m0/s1. The van der Waals surface area contributed by atoms with Crippen molar-refractivity contribution < 1.29 is 5.11 Å². The average Bonchev–Trinajstić information content (AvgIpc) is 2.30. The van der Waals surface area contributed by atoms with E-state index in [1.165, 1.54) is 0 Å². The first-order valence-corrected chi connectivity index (χ1v) is 5.59. The van der Waals surface area contributed by atoms with E-state index in [1.807, 2.05) is 24.4 Å². The number of hydrogen-bond donors (Lipinski definition) is 2. The first-order chi connectivity index (χ1) is 7.34. The van der Waals surface area contributed by atoms with E-state index < -0.39 is 0 Å². The molecule has 1 aromatic heterocycles. The van der Waals surface area contributed by atoms with Gasteiger partial charge in [0.15, 0.2) is 0 Å². The molecule has 0 radical (unpaired) electrons. The van der Waals surface area contributed by atoms with E-state index in [4.69, 9.17) is 5.11 Å². The molecule has 84 valence electrons. The molecule has 1 atom stereocenters. The first-order valence-electron chi connectivity index (χ1n) is 5.59. The van der Waals surface area contributed by atoms with E-state index in [9.17, 15) is 0 Å². The predicted octanol–water partition coefficient (Wildman–Crippen LogP) is 1.89. The topological polar surface area (TPSA) is 45.1 Å². The number of aromatic nitrogens is 1. The molecule has 0 spiro atoms. The molecule has 0 fully saturated rings. The summed E-state index contributed by atoms with van der Waals surface area (Å²) in [5.74, 6) is 0. The molecule has 0 aliphatic heterocycles. The highest BCUT2D eigenvalue weighted by atomic mass is 16.2. The van der Waals surface area contributed by atoms with Gasteiger partial charge in [0.1, 0.15) is 0 Å². The maximum absolute atomic E-state index is 8.62. The molecule has 0 aromatic carbocycles. The zero-order valence-corrected chi connectivity index (χ0v) is 9.32. The molecule has 0 saturated heterocycles. The quantitative estimate of drug-likeness (QED) is 0.673. The molecule has 0 aliphatic carbocycles. The molecule has 0 bridgehead atoms. The Hall–Kier alpha value is -0.930. The van der Waals surface area contributed by atoms with Gasteiger partial charge in [-0.1, -0.05) is 6.07 Å². The number of nitrogens with zero attached hydrogens (tertiary/aromatic N) is 1. The fraction of sp³-hybridized carbons (Fsp3) is 0.583. The number of nitrogens with one attached hydrogen (secondary N) is 1. The van der Waals surface area contributed by atoms with Gasteiger partial charge in [0, 0.05) is 18.8 Å². The minimum Gasteiger partial charge on any atom is -0.396 e. The summed E-state index contributed by atoms with van der Waals surface area (Å²) in [5.41, 5.74) is 1.08. The van der Waals surface area contributed by atoms with Crippen LogP contribution < -0.4 is 5.32 Å². The minimum atomic E-state index is 0.301. The molecular formula is C12H20N2O. The van der Waals surface area contributed by atoms with Crippen LogP contribution in [0.3, 0.4) is 0 Å². The third-order valence-electron chi connectivity index (χ3n) is 2.42. The lowest BCUT2D eigenvalue weighted by atomic mass is 10.2. The van der Waals surface area contributed by atoms with Crippen molar-refractivity contribution in [1.29, 1.82) is 0 Å². The second-order valence-electron chi connectivity index (χ2n) is 3.71. The number of rotatable bonds is 7. The van der Waals surface area contributed by atoms with Gasteiger partial charge in [0.05, 0.1) is 5.69 Å². The normalized spacial score (nSPS) is 12.7. The highest BCUT2D eigenvalue weighted by molar-refractivity contribution is 5.07. The highest BCUT2D eigenvalue weighted by Gasteiger charge is 2.03. The molecule has 0 amide bonds. The summed E-state index contributed by atoms with van der Waals surface area (Å²) in [5, 5.41) is 12.0. The van der Waals surface area contributed by atoms with Crippen LogP contribution >= 0.6 is 0 Å². The van der Waals surface area contributed by atoms with E-state index >= 15 is 0 Å². The van der Waals surface area contributed by atoms with Gasteiger partial charge in [-0.25, -0.2) is 0 Å². The second kappa shape index (κ2) is 7.37. The van der Waals surface area contributed by atoms with Gasteiger partial charge in [-0.05, 0) is 44.9 Å². The summed E-state index contributed by atoms with van der Waals surface area (Å²) in [7, 11) is 0. The largest absolute Gasteiger partial charge is 0.396 e. The predicted molar refractivity (Wildman–Crippen MR) is 61.6 cm³/mol. The molecule has 2 N–H and O–H groups in total. The molecule has 1 heterocycles. The molecule has 0 unspecified atom stereocenters. The Bertz CT molecular complexity index is 251. The number of pyridine rings is 1. The van der Waals surface area contributed by atoms with Gasteiger partial charge in [-0.15, -0.1) is 0 Å². The summed E-state index contributed by atoms with van der Waals surface area (Å²) in [6.07, 6.45) is 4.91. The van der Waals surface area contributed by atoms with Gasteiger partial charge in [-0.2, -0.15) is 0 Å². The van der Waals surface area contributed by atoms with Gasteiger partial charge < -0.3 is 10.4 Å². The first kappa shape index (κ1) is 12.1. The fourth-order valence-electron chi connectivity index (χ4n) is 1.47. The Kier molecular flexibility index (Phi) is 5.97. The van der Waals surface area contributed by atoms with Crippen LogP contribution in [0.15, 0.2) is 24.4 Å². The van der Waals surface area contributed by atoms with E-state index in [1.54, 1.807) is 0 Å². The zero-order valence-electron chi connectivity index (χ0n) is 9.32. The Balaban J connectivity index is 2.16. The van der Waals surface area contributed by atoms with Crippen LogP contribution in [0.25, 0.3) is 0 Å². The van der Waals surface area contributed by atoms with Crippen LogP contribution in [0, 0.1) is 0 Å². The van der Waals surface area contributed by atoms with Crippen molar-refractivity contribution in [3.05, 3.63) is 30.1 Å². The number of hydrogen-bond acceptors (Lipinski definition) is 3. The third-order valence-corrected chi connectivity index (χ3v) is 2.42. The van der Waals surface area contributed by atoms with Crippen molar-refractivity contribution in [2.45, 2.75) is 32.2 Å². The van der Waals surface area contributed by atoms with Crippen molar-refractivity contribution in [3.63, 3.8) is 0 Å². The zero-order chi connectivity index (χ0) is 10.9. The lowest BCUT2D eigenvalue weighted by Crippen LogP contribution is -2.20. The molecule has 3 heteroatoms. The van der Waals surface area contributed by atoms with Gasteiger partial charge >= 0.3 is 0 Å². The summed E-state index contributed by atoms with van der Waals surface area (Å²) in [6, 6.07) is 6.27. The smallest absolute Gasteiger partial charge is 0.0570 e. The monoisotopic (exact) mass is 208 g/mol. The average molecular weight is 208 g/mol. The Morgan fingerprint density at radius 3 is 2.87 bits per heavy atom. The molecule has 15 heavy (non-hydrogen) atoms. The van der Waals surface area contributed by atoms with Crippen LogP contribution in [0.4, 0.5) is 0 Å². The van der Waals surface area contributed by atoms with Gasteiger partial charge in [-0.3, -0.25) is 4.98 Å². The maximum Gasteiger partial charge on any atom is 0.0570 e. The maximum atomic E-state index is 8.62. The van der Waals surface area contributed by atoms with Gasteiger partial charge in [0.2, 0.25) is 0 Å². The number of unbranched alkanes of at least 4 members (excludes halogenated alkanes) is 2. The third kappa shape index (κ3) is 4.91. The van der Waals surface area contributed by atoms with Crippen LogP contribution in [-0.4, -0.2) is 23.2 Å². The Morgan fingerprint density at radius 1 is 1.33 bits per heavy atom. The van der Waals surface area contributed by atoms with Crippen LogP contribution in [0.1, 0.15) is 37.9 Å². The van der Waals surface area contributed by atoms with Crippen molar-refractivity contribution in [3.8, 4) is 0 Å². The van der Waals surface area contributed by atoms with Crippen LogP contribution in [0.2, 0.25) is 0 Å². The molecular weight excluding hydrogens is 188 g/mol. The van der Waals surface area contributed by atoms with Crippen molar-refractivity contribution in [2.75, 3.05) is 13.2 Å². The SMILES string of the molecule is C[C@H](NCCCCCO)c1ccccn1. The number of aliphatic hydroxyl groups excluding tert-OH is 1. The van der Waals surface area contributed by atoms with Crippen LogP contribution in [0.5, 0.6) is 0 Å². The van der Waals surface area contributed by atoms with E-state index in [0.717, 1.165) is 31.5 Å². The molecule has 1 rings (SSSR count). The lowest BCUT2D eigenvalue weighted by molar-refractivity contribution is 0.282. The van der Waals surface area contributed by atoms with Gasteiger partial charge in [0.25, 0.3) is 0 Å². The van der Waals surface area contributed by atoms with E-state index in [2.05, 4.69) is 17.2 Å². The van der Waals surface area contributed by atoms with Crippen molar-refractivity contribution in [2.24, 2.45) is 0 Å². The molecule has 3 nitrogen and oxygen atoms in total. The van der Waals surface area contributed by atoms with E-state index in [-0.39, 0.29) is 0 Å².